The summed E-state index contributed by atoms with van der Waals surface area (Å²) in [6.07, 6.45) is 3.66. The molecule has 6 heteroatoms. The molecule has 15 heavy (non-hydrogen) atoms. The molecule has 1 fully saturated rings. The van der Waals surface area contributed by atoms with E-state index in [4.69, 9.17) is 5.90 Å². The van der Waals surface area contributed by atoms with Crippen LogP contribution in [0.1, 0.15) is 32.6 Å². The summed E-state index contributed by atoms with van der Waals surface area (Å²) in [4.78, 5) is 4.52. The highest BCUT2D eigenvalue weighted by molar-refractivity contribution is 7.89. The zero-order valence-corrected chi connectivity index (χ0v) is 10.0. The molecule has 0 aromatic carbocycles. The Morgan fingerprint density at radius 2 is 2.20 bits per heavy atom. The van der Waals surface area contributed by atoms with Gasteiger partial charge < -0.3 is 4.84 Å². The molecule has 0 aliphatic carbocycles. The molecule has 1 atom stereocenters. The van der Waals surface area contributed by atoms with E-state index >= 15 is 0 Å². The van der Waals surface area contributed by atoms with Crippen molar-refractivity contribution in [3.05, 3.63) is 0 Å². The van der Waals surface area contributed by atoms with Gasteiger partial charge in [-0.1, -0.05) is 6.42 Å². The van der Waals surface area contributed by atoms with E-state index in [1.54, 1.807) is 11.2 Å². The predicted molar refractivity (Wildman–Crippen MR) is 58.6 cm³/mol. The van der Waals surface area contributed by atoms with Gasteiger partial charge in [-0.05, 0) is 26.2 Å². The lowest BCUT2D eigenvalue weighted by Gasteiger charge is -2.34. The van der Waals surface area contributed by atoms with Gasteiger partial charge in [0.1, 0.15) is 0 Å². The molecule has 5 nitrogen and oxygen atoms in total. The number of sulfonamides is 1. The first kappa shape index (κ1) is 12.9. The van der Waals surface area contributed by atoms with Crippen molar-refractivity contribution in [3.63, 3.8) is 0 Å². The molecule has 1 unspecified atom stereocenters. The van der Waals surface area contributed by atoms with Gasteiger partial charge in [0.25, 0.3) is 0 Å². The Bertz CT molecular complexity index is 279. The van der Waals surface area contributed by atoms with Crippen LogP contribution in [0.5, 0.6) is 0 Å². The molecular formula is C9H20N2O3S. The SMILES string of the molecule is CCS(=O)(=O)N1CCCCC1CCON. The molecule has 0 aromatic heterocycles. The molecule has 2 N–H and O–H groups in total. The maximum Gasteiger partial charge on any atom is 0.214 e. The number of rotatable bonds is 5. The van der Waals surface area contributed by atoms with E-state index in [-0.39, 0.29) is 11.8 Å². The largest absolute Gasteiger partial charge is 0.305 e. The fourth-order valence-corrected chi connectivity index (χ4v) is 3.40. The van der Waals surface area contributed by atoms with Crippen LogP contribution < -0.4 is 5.90 Å². The van der Waals surface area contributed by atoms with Crippen LogP contribution >= 0.6 is 0 Å². The van der Waals surface area contributed by atoms with Crippen molar-refractivity contribution >= 4 is 10.0 Å². The first-order valence-corrected chi connectivity index (χ1v) is 7.04. The molecule has 0 radical (unpaired) electrons. The summed E-state index contributed by atoms with van der Waals surface area (Å²) in [6, 6.07) is 0.0762. The molecule has 90 valence electrons. The summed E-state index contributed by atoms with van der Waals surface area (Å²) in [5, 5.41) is 0. The van der Waals surface area contributed by atoms with E-state index < -0.39 is 10.0 Å². The zero-order valence-electron chi connectivity index (χ0n) is 9.18. The molecule has 0 saturated carbocycles. The molecule has 0 amide bonds. The van der Waals surface area contributed by atoms with Crippen LogP contribution in [0.4, 0.5) is 0 Å². The highest BCUT2D eigenvalue weighted by Crippen LogP contribution is 2.22. The molecule has 1 rings (SSSR count). The molecule has 0 bridgehead atoms. The lowest BCUT2D eigenvalue weighted by atomic mass is 10.0. The van der Waals surface area contributed by atoms with Crippen molar-refractivity contribution in [2.45, 2.75) is 38.6 Å². The third-order valence-corrected chi connectivity index (χ3v) is 4.79. The van der Waals surface area contributed by atoms with Gasteiger partial charge in [-0.15, -0.1) is 0 Å². The maximum absolute atomic E-state index is 11.8. The van der Waals surface area contributed by atoms with Gasteiger partial charge >= 0.3 is 0 Å². The van der Waals surface area contributed by atoms with Crippen molar-refractivity contribution in [3.8, 4) is 0 Å². The topological polar surface area (TPSA) is 72.6 Å². The van der Waals surface area contributed by atoms with E-state index in [1.165, 1.54) is 0 Å². The Morgan fingerprint density at radius 3 is 2.80 bits per heavy atom. The number of hydrogen-bond acceptors (Lipinski definition) is 4. The molecular weight excluding hydrogens is 216 g/mol. The van der Waals surface area contributed by atoms with Gasteiger partial charge in [-0.2, -0.15) is 4.31 Å². The second-order valence-electron chi connectivity index (χ2n) is 3.82. The quantitative estimate of drug-likeness (QED) is 0.704. The fraction of sp³-hybridized carbons (Fsp3) is 1.00. The van der Waals surface area contributed by atoms with Crippen LogP contribution in [-0.4, -0.2) is 37.7 Å². The second kappa shape index (κ2) is 5.79. The van der Waals surface area contributed by atoms with Crippen molar-refractivity contribution in [1.82, 2.24) is 4.31 Å². The van der Waals surface area contributed by atoms with Crippen molar-refractivity contribution in [2.75, 3.05) is 18.9 Å². The fourth-order valence-electron chi connectivity index (χ4n) is 2.00. The lowest BCUT2D eigenvalue weighted by molar-refractivity contribution is 0.109. The lowest BCUT2D eigenvalue weighted by Crippen LogP contribution is -2.44. The highest BCUT2D eigenvalue weighted by Gasteiger charge is 2.30. The highest BCUT2D eigenvalue weighted by atomic mass is 32.2. The van der Waals surface area contributed by atoms with Crippen molar-refractivity contribution in [2.24, 2.45) is 5.90 Å². The molecule has 1 saturated heterocycles. The normalized spacial score (nSPS) is 24.3. The molecule has 1 aliphatic rings. The summed E-state index contributed by atoms with van der Waals surface area (Å²) >= 11 is 0. The van der Waals surface area contributed by atoms with Gasteiger partial charge in [0.05, 0.1) is 12.4 Å². The molecule has 0 aromatic rings. The average Bonchev–Trinajstić information content (AvgIpc) is 2.26. The third-order valence-electron chi connectivity index (χ3n) is 2.86. The summed E-state index contributed by atoms with van der Waals surface area (Å²) < 4.78 is 25.2. The van der Waals surface area contributed by atoms with E-state index in [9.17, 15) is 8.42 Å². The number of hydrogen-bond donors (Lipinski definition) is 1. The number of nitrogens with two attached hydrogens (primary N) is 1. The summed E-state index contributed by atoms with van der Waals surface area (Å²) in [7, 11) is -3.06. The van der Waals surface area contributed by atoms with E-state index in [0.29, 0.717) is 19.6 Å². The van der Waals surface area contributed by atoms with Gasteiger partial charge in [-0.25, -0.2) is 14.3 Å². The molecule has 1 aliphatic heterocycles. The monoisotopic (exact) mass is 236 g/mol. The third kappa shape index (κ3) is 3.41. The summed E-state index contributed by atoms with van der Waals surface area (Å²) in [6.45, 7) is 2.74. The Kier molecular flexibility index (Phi) is 4.98. The van der Waals surface area contributed by atoms with Crippen LogP contribution in [0, 0.1) is 0 Å². The Balaban J connectivity index is 2.65. The van der Waals surface area contributed by atoms with Crippen LogP contribution in [-0.2, 0) is 14.9 Å². The summed E-state index contributed by atoms with van der Waals surface area (Å²) in [5.74, 6) is 5.14. The second-order valence-corrected chi connectivity index (χ2v) is 6.03. The first-order valence-electron chi connectivity index (χ1n) is 5.43. The van der Waals surface area contributed by atoms with Crippen LogP contribution in [0.15, 0.2) is 0 Å². The zero-order chi connectivity index (χ0) is 11.3. The van der Waals surface area contributed by atoms with Gasteiger partial charge in [0.2, 0.25) is 10.0 Å². The molecule has 1 heterocycles. The van der Waals surface area contributed by atoms with Crippen molar-refractivity contribution in [1.29, 1.82) is 0 Å². The van der Waals surface area contributed by atoms with Crippen LogP contribution in [0.3, 0.4) is 0 Å². The Labute approximate surface area is 91.6 Å². The summed E-state index contributed by atoms with van der Waals surface area (Å²) in [5.41, 5.74) is 0. The van der Waals surface area contributed by atoms with Crippen LogP contribution in [0.2, 0.25) is 0 Å². The van der Waals surface area contributed by atoms with E-state index in [0.717, 1.165) is 19.3 Å². The Morgan fingerprint density at radius 1 is 1.47 bits per heavy atom. The van der Waals surface area contributed by atoms with E-state index in [2.05, 4.69) is 4.84 Å². The van der Waals surface area contributed by atoms with Crippen molar-refractivity contribution < 1.29 is 13.3 Å². The molecule has 0 spiro atoms. The Hall–Kier alpha value is -0.170. The van der Waals surface area contributed by atoms with E-state index in [1.807, 2.05) is 0 Å². The van der Waals surface area contributed by atoms with Gasteiger partial charge in [0, 0.05) is 12.6 Å². The minimum Gasteiger partial charge on any atom is -0.305 e. The smallest absolute Gasteiger partial charge is 0.214 e. The van der Waals surface area contributed by atoms with Crippen LogP contribution in [0.25, 0.3) is 0 Å². The minimum absolute atomic E-state index is 0.0762. The number of nitrogens with zero attached hydrogens (tertiary/aromatic N) is 1. The number of piperidine rings is 1. The average molecular weight is 236 g/mol. The minimum atomic E-state index is -3.06. The van der Waals surface area contributed by atoms with Gasteiger partial charge in [0.15, 0.2) is 0 Å². The maximum atomic E-state index is 11.8. The first-order chi connectivity index (χ1) is 7.11. The standard InChI is InChI=1S/C9H20N2O3S/c1-2-15(12,13)11-7-4-3-5-9(11)6-8-14-10/h9H,2-8,10H2,1H3. The predicted octanol–water partition coefficient (Wildman–Crippen LogP) is 0.471. The van der Waals surface area contributed by atoms with Gasteiger partial charge in [-0.3, -0.25) is 0 Å².